The summed E-state index contributed by atoms with van der Waals surface area (Å²) in [5.74, 6) is -1.50. The van der Waals surface area contributed by atoms with Gasteiger partial charge in [-0.3, -0.25) is 9.59 Å². The van der Waals surface area contributed by atoms with Crippen LogP contribution in [0, 0.1) is 0 Å². The highest BCUT2D eigenvalue weighted by atomic mass is 16.3. The number of hydrogen-bond donors (Lipinski definition) is 4. The van der Waals surface area contributed by atoms with E-state index in [1.807, 2.05) is 0 Å². The van der Waals surface area contributed by atoms with Crippen molar-refractivity contribution in [1.29, 1.82) is 0 Å². The molecule has 6 nitrogen and oxygen atoms in total. The number of hydrogen-bond acceptors (Lipinski definition) is 6. The van der Waals surface area contributed by atoms with Gasteiger partial charge in [0.1, 0.15) is 17.6 Å². The van der Waals surface area contributed by atoms with E-state index in [1.165, 1.54) is 30.3 Å². The molecule has 3 aromatic carbocycles. The van der Waals surface area contributed by atoms with Crippen LogP contribution in [0.2, 0.25) is 0 Å². The van der Waals surface area contributed by atoms with Crippen molar-refractivity contribution in [3.8, 4) is 11.5 Å². The van der Waals surface area contributed by atoms with Crippen molar-refractivity contribution in [3.05, 3.63) is 70.3 Å². The van der Waals surface area contributed by atoms with Gasteiger partial charge in [0.15, 0.2) is 11.6 Å². The molecule has 1 atom stereocenters. The number of aliphatic hydroxyl groups is 2. The third-order valence-electron chi connectivity index (χ3n) is 4.66. The molecule has 0 saturated heterocycles. The van der Waals surface area contributed by atoms with E-state index >= 15 is 0 Å². The molecule has 3 aromatic rings. The Balaban J connectivity index is 2.04. The zero-order chi connectivity index (χ0) is 18.6. The normalized spacial score (nSPS) is 14.2. The molecule has 4 N–H and O–H groups in total. The number of carbonyl (C=O) groups is 2. The number of benzene rings is 3. The lowest BCUT2D eigenvalue weighted by Gasteiger charge is -2.21. The molecule has 0 fully saturated rings. The molecular formula is C20H14O6. The van der Waals surface area contributed by atoms with Crippen molar-refractivity contribution in [2.75, 3.05) is 6.61 Å². The maximum Gasteiger partial charge on any atom is 0.198 e. The van der Waals surface area contributed by atoms with Gasteiger partial charge < -0.3 is 20.4 Å². The fourth-order valence-electron chi connectivity index (χ4n) is 3.43. The first-order valence-electron chi connectivity index (χ1n) is 7.94. The molecule has 0 heterocycles. The third kappa shape index (κ3) is 2.13. The lowest BCUT2D eigenvalue weighted by atomic mass is 9.80. The standard InChI is InChI=1S/C20H14O6/c21-8-15(24)10-6-9-4-5-12-18(16(9)14(23)7-10)20(26)11-2-1-3-13(22)17(11)19(12)25/h1-7,15,21-24H,8H2/t15-/m0/s1. The predicted octanol–water partition coefficient (Wildman–Crippen LogP) is 2.05. The maximum absolute atomic E-state index is 13.0. The van der Waals surface area contributed by atoms with Gasteiger partial charge in [-0.1, -0.05) is 18.2 Å². The van der Waals surface area contributed by atoms with Gasteiger partial charge in [0, 0.05) is 22.1 Å². The maximum atomic E-state index is 13.0. The first kappa shape index (κ1) is 16.3. The van der Waals surface area contributed by atoms with Crippen LogP contribution < -0.4 is 0 Å². The molecule has 0 spiro atoms. The Labute approximate surface area is 147 Å². The van der Waals surface area contributed by atoms with E-state index in [2.05, 4.69) is 0 Å². The van der Waals surface area contributed by atoms with Crippen LogP contribution in [0.15, 0.2) is 42.5 Å². The van der Waals surface area contributed by atoms with E-state index in [9.17, 15) is 24.9 Å². The van der Waals surface area contributed by atoms with Gasteiger partial charge in [0.25, 0.3) is 0 Å². The molecule has 130 valence electrons. The van der Waals surface area contributed by atoms with Crippen LogP contribution in [-0.4, -0.2) is 38.6 Å². The van der Waals surface area contributed by atoms with Gasteiger partial charge in [0.05, 0.1) is 12.2 Å². The molecule has 1 aliphatic rings. The fourth-order valence-corrected chi connectivity index (χ4v) is 3.43. The highest BCUT2D eigenvalue weighted by Crippen LogP contribution is 2.40. The zero-order valence-electron chi connectivity index (χ0n) is 13.4. The van der Waals surface area contributed by atoms with Crippen molar-refractivity contribution in [3.63, 3.8) is 0 Å². The molecule has 0 bridgehead atoms. The smallest absolute Gasteiger partial charge is 0.198 e. The summed E-state index contributed by atoms with van der Waals surface area (Å²) in [5, 5.41) is 40.0. The summed E-state index contributed by atoms with van der Waals surface area (Å²) in [7, 11) is 0. The van der Waals surface area contributed by atoms with Gasteiger partial charge in [-0.15, -0.1) is 0 Å². The van der Waals surface area contributed by atoms with Crippen LogP contribution in [0.1, 0.15) is 43.5 Å². The van der Waals surface area contributed by atoms with Crippen LogP contribution in [0.25, 0.3) is 10.8 Å². The quantitative estimate of drug-likeness (QED) is 0.440. The summed E-state index contributed by atoms with van der Waals surface area (Å²) in [5.41, 5.74) is 0.491. The molecular weight excluding hydrogens is 336 g/mol. The van der Waals surface area contributed by atoms with Crippen molar-refractivity contribution in [1.82, 2.24) is 0 Å². The number of phenols is 2. The minimum absolute atomic E-state index is 0.0452. The number of carbonyl (C=O) groups excluding carboxylic acids is 2. The number of rotatable bonds is 2. The summed E-state index contributed by atoms with van der Waals surface area (Å²) in [6.45, 7) is -0.514. The Morgan fingerprint density at radius 3 is 2.27 bits per heavy atom. The molecule has 1 aliphatic carbocycles. The first-order chi connectivity index (χ1) is 12.4. The SMILES string of the molecule is O=C1c2ccc3cc([C@@H](O)CO)cc(O)c3c2C(=O)c2cccc(O)c21. The molecule has 0 radical (unpaired) electrons. The van der Waals surface area contributed by atoms with Crippen LogP contribution in [0.3, 0.4) is 0 Å². The summed E-state index contributed by atoms with van der Waals surface area (Å²) >= 11 is 0. The Morgan fingerprint density at radius 1 is 0.846 bits per heavy atom. The number of phenolic OH excluding ortho intramolecular Hbond substituents is 2. The molecule has 0 aromatic heterocycles. The molecule has 0 unspecified atom stereocenters. The van der Waals surface area contributed by atoms with Crippen molar-refractivity contribution in [2.24, 2.45) is 0 Å². The number of aromatic hydroxyl groups is 2. The molecule has 4 rings (SSSR count). The highest BCUT2D eigenvalue weighted by Gasteiger charge is 2.34. The average molecular weight is 350 g/mol. The van der Waals surface area contributed by atoms with Crippen LogP contribution in [0.5, 0.6) is 11.5 Å². The minimum atomic E-state index is -1.17. The minimum Gasteiger partial charge on any atom is -0.507 e. The lowest BCUT2D eigenvalue weighted by Crippen LogP contribution is -2.21. The summed E-state index contributed by atoms with van der Waals surface area (Å²) in [6, 6.07) is 10.1. The van der Waals surface area contributed by atoms with Gasteiger partial charge in [-0.05, 0) is 35.2 Å². The Morgan fingerprint density at radius 2 is 1.54 bits per heavy atom. The summed E-state index contributed by atoms with van der Waals surface area (Å²) in [4.78, 5) is 25.8. The Bertz CT molecular complexity index is 1100. The summed E-state index contributed by atoms with van der Waals surface area (Å²) < 4.78 is 0. The van der Waals surface area contributed by atoms with Gasteiger partial charge in [-0.25, -0.2) is 0 Å². The van der Waals surface area contributed by atoms with Crippen molar-refractivity contribution >= 4 is 22.3 Å². The second-order valence-corrected chi connectivity index (χ2v) is 6.18. The van der Waals surface area contributed by atoms with Crippen molar-refractivity contribution < 1.29 is 30.0 Å². The van der Waals surface area contributed by atoms with E-state index in [0.717, 1.165) is 0 Å². The molecule has 6 heteroatoms. The number of aliphatic hydroxyl groups excluding tert-OH is 2. The van der Waals surface area contributed by atoms with Gasteiger partial charge in [-0.2, -0.15) is 0 Å². The lowest BCUT2D eigenvalue weighted by molar-refractivity contribution is 0.0955. The number of fused-ring (bicyclic) bond motifs is 4. The predicted molar refractivity (Wildman–Crippen MR) is 92.6 cm³/mol. The Hall–Kier alpha value is -3.22. The van der Waals surface area contributed by atoms with E-state index in [0.29, 0.717) is 10.9 Å². The number of ketones is 2. The zero-order valence-corrected chi connectivity index (χ0v) is 13.4. The second kappa shape index (κ2) is 5.66. The van der Waals surface area contributed by atoms with Crippen LogP contribution >= 0.6 is 0 Å². The van der Waals surface area contributed by atoms with Crippen LogP contribution in [-0.2, 0) is 0 Å². The first-order valence-corrected chi connectivity index (χ1v) is 7.94. The van der Waals surface area contributed by atoms with E-state index in [4.69, 9.17) is 5.11 Å². The molecule has 0 aliphatic heterocycles. The van der Waals surface area contributed by atoms with E-state index in [1.54, 1.807) is 12.1 Å². The van der Waals surface area contributed by atoms with Gasteiger partial charge >= 0.3 is 0 Å². The Kier molecular flexibility index (Phi) is 3.54. The van der Waals surface area contributed by atoms with Gasteiger partial charge in [0.2, 0.25) is 0 Å². The second-order valence-electron chi connectivity index (χ2n) is 6.18. The summed E-state index contributed by atoms with van der Waals surface area (Å²) in [6.07, 6.45) is -1.17. The van der Waals surface area contributed by atoms with Crippen LogP contribution in [0.4, 0.5) is 0 Å². The van der Waals surface area contributed by atoms with E-state index < -0.39 is 24.3 Å². The molecule has 26 heavy (non-hydrogen) atoms. The third-order valence-corrected chi connectivity index (χ3v) is 4.66. The topological polar surface area (TPSA) is 115 Å². The fraction of sp³-hybridized carbons (Fsp3) is 0.100. The highest BCUT2D eigenvalue weighted by molar-refractivity contribution is 6.33. The largest absolute Gasteiger partial charge is 0.507 e. The molecule has 0 saturated carbocycles. The average Bonchev–Trinajstić information content (AvgIpc) is 2.64. The van der Waals surface area contributed by atoms with E-state index in [-0.39, 0.29) is 39.1 Å². The van der Waals surface area contributed by atoms with Crippen molar-refractivity contribution in [2.45, 2.75) is 6.10 Å². The monoisotopic (exact) mass is 350 g/mol. The molecule has 0 amide bonds.